The highest BCUT2D eigenvalue weighted by Gasteiger charge is 2.06. The Balaban J connectivity index is 2.33. The van der Waals surface area contributed by atoms with Gasteiger partial charge in [0.15, 0.2) is 0 Å². The molecule has 0 aromatic carbocycles. The van der Waals surface area contributed by atoms with Gasteiger partial charge in [0, 0.05) is 24.5 Å². The minimum Gasteiger partial charge on any atom is -0.272 e. The minimum atomic E-state index is 0.550. The van der Waals surface area contributed by atoms with Crippen LogP contribution in [0.2, 0.25) is 5.02 Å². The van der Waals surface area contributed by atoms with Crippen molar-refractivity contribution in [2.45, 2.75) is 19.9 Å². The zero-order chi connectivity index (χ0) is 10.7. The number of nitrogens with zero attached hydrogens (tertiary/aromatic N) is 4. The van der Waals surface area contributed by atoms with E-state index in [0.29, 0.717) is 5.02 Å². The first kappa shape index (κ1) is 10.1. The maximum Gasteiger partial charge on any atom is 0.116 e. The lowest BCUT2D eigenvalue weighted by Gasteiger charge is -1.98. The van der Waals surface area contributed by atoms with Crippen molar-refractivity contribution in [2.75, 3.05) is 0 Å². The van der Waals surface area contributed by atoms with Gasteiger partial charge in [-0.2, -0.15) is 5.10 Å². The molecule has 0 aliphatic heterocycles. The second-order valence-electron chi connectivity index (χ2n) is 3.21. The van der Waals surface area contributed by atoms with E-state index >= 15 is 0 Å². The van der Waals surface area contributed by atoms with Crippen LogP contribution in [0.25, 0.3) is 11.3 Å². The minimum absolute atomic E-state index is 0.550. The standard InChI is InChI=1S/C10H11ClN4/c1-2-3-15-6-8(4-14-15)10-9(11)5-12-7-13-10/h4-7H,2-3H2,1H3. The van der Waals surface area contributed by atoms with Crippen molar-refractivity contribution in [3.05, 3.63) is 29.9 Å². The van der Waals surface area contributed by atoms with E-state index in [2.05, 4.69) is 22.0 Å². The average Bonchev–Trinajstić information content (AvgIpc) is 2.68. The Morgan fingerprint density at radius 3 is 3.00 bits per heavy atom. The molecule has 0 aliphatic carbocycles. The third kappa shape index (κ3) is 2.15. The van der Waals surface area contributed by atoms with Gasteiger partial charge in [-0.25, -0.2) is 9.97 Å². The Labute approximate surface area is 92.9 Å². The van der Waals surface area contributed by atoms with Gasteiger partial charge in [-0.15, -0.1) is 0 Å². The highest BCUT2D eigenvalue weighted by atomic mass is 35.5. The van der Waals surface area contributed by atoms with E-state index in [1.165, 1.54) is 6.33 Å². The number of halogens is 1. The van der Waals surface area contributed by atoms with Crippen LogP contribution < -0.4 is 0 Å². The SMILES string of the molecule is CCCn1cc(-c2ncncc2Cl)cn1. The van der Waals surface area contributed by atoms with Crippen molar-refractivity contribution in [1.82, 2.24) is 19.7 Å². The summed E-state index contributed by atoms with van der Waals surface area (Å²) in [4.78, 5) is 7.97. The third-order valence-electron chi connectivity index (χ3n) is 2.03. The quantitative estimate of drug-likeness (QED) is 0.801. The lowest BCUT2D eigenvalue weighted by Crippen LogP contribution is -1.95. The van der Waals surface area contributed by atoms with Gasteiger partial charge in [-0.1, -0.05) is 18.5 Å². The van der Waals surface area contributed by atoms with E-state index in [9.17, 15) is 0 Å². The Hall–Kier alpha value is -1.42. The average molecular weight is 223 g/mol. The summed E-state index contributed by atoms with van der Waals surface area (Å²) in [5.41, 5.74) is 1.66. The molecule has 2 rings (SSSR count). The van der Waals surface area contributed by atoms with Gasteiger partial charge in [0.2, 0.25) is 0 Å². The topological polar surface area (TPSA) is 43.6 Å². The summed E-state index contributed by atoms with van der Waals surface area (Å²) < 4.78 is 1.88. The fourth-order valence-corrected chi connectivity index (χ4v) is 1.58. The van der Waals surface area contributed by atoms with Crippen LogP contribution >= 0.6 is 11.6 Å². The Morgan fingerprint density at radius 1 is 1.40 bits per heavy atom. The molecule has 2 aromatic heterocycles. The van der Waals surface area contributed by atoms with Crippen LogP contribution in [0.4, 0.5) is 0 Å². The van der Waals surface area contributed by atoms with E-state index < -0.39 is 0 Å². The summed E-state index contributed by atoms with van der Waals surface area (Å²) in [7, 11) is 0. The molecule has 15 heavy (non-hydrogen) atoms. The predicted molar refractivity (Wildman–Crippen MR) is 58.6 cm³/mol. The van der Waals surface area contributed by atoms with Gasteiger partial charge in [0.1, 0.15) is 6.33 Å². The van der Waals surface area contributed by atoms with Crippen LogP contribution in [0.1, 0.15) is 13.3 Å². The van der Waals surface area contributed by atoms with Crippen LogP contribution in [-0.4, -0.2) is 19.7 Å². The number of rotatable bonds is 3. The molecule has 0 spiro atoms. The molecule has 2 aromatic rings. The van der Waals surface area contributed by atoms with Crippen molar-refractivity contribution in [3.63, 3.8) is 0 Å². The molecule has 0 fully saturated rings. The second-order valence-corrected chi connectivity index (χ2v) is 3.62. The van der Waals surface area contributed by atoms with E-state index in [1.807, 2.05) is 10.9 Å². The summed E-state index contributed by atoms with van der Waals surface area (Å²) in [6.45, 7) is 3.02. The van der Waals surface area contributed by atoms with Gasteiger partial charge in [0.25, 0.3) is 0 Å². The van der Waals surface area contributed by atoms with Gasteiger partial charge >= 0.3 is 0 Å². The maximum absolute atomic E-state index is 5.98. The van der Waals surface area contributed by atoms with Crippen molar-refractivity contribution < 1.29 is 0 Å². The van der Waals surface area contributed by atoms with E-state index in [-0.39, 0.29) is 0 Å². The molecule has 2 heterocycles. The summed E-state index contributed by atoms with van der Waals surface area (Å²) in [6.07, 6.45) is 7.83. The van der Waals surface area contributed by atoms with Gasteiger partial charge in [-0.3, -0.25) is 4.68 Å². The van der Waals surface area contributed by atoms with Crippen molar-refractivity contribution in [2.24, 2.45) is 0 Å². The lowest BCUT2D eigenvalue weighted by atomic mass is 10.2. The van der Waals surface area contributed by atoms with Gasteiger partial charge < -0.3 is 0 Å². The van der Waals surface area contributed by atoms with Gasteiger partial charge in [-0.05, 0) is 6.42 Å². The molecular weight excluding hydrogens is 212 g/mol. The molecule has 0 amide bonds. The summed E-state index contributed by atoms with van der Waals surface area (Å²) >= 11 is 5.98. The smallest absolute Gasteiger partial charge is 0.116 e. The largest absolute Gasteiger partial charge is 0.272 e. The molecule has 0 atom stereocenters. The molecule has 0 unspecified atom stereocenters. The van der Waals surface area contributed by atoms with Crippen molar-refractivity contribution in [1.29, 1.82) is 0 Å². The number of aryl methyl sites for hydroxylation is 1. The first-order valence-electron chi connectivity index (χ1n) is 4.79. The lowest BCUT2D eigenvalue weighted by molar-refractivity contribution is 0.603. The fraction of sp³-hybridized carbons (Fsp3) is 0.300. The van der Waals surface area contributed by atoms with E-state index in [4.69, 9.17) is 11.6 Å². The first-order chi connectivity index (χ1) is 7.31. The van der Waals surface area contributed by atoms with Crippen LogP contribution in [0.3, 0.4) is 0 Å². The Kier molecular flexibility index (Phi) is 2.97. The molecule has 0 N–H and O–H groups in total. The second kappa shape index (κ2) is 4.40. The highest BCUT2D eigenvalue weighted by Crippen LogP contribution is 2.23. The number of aromatic nitrogens is 4. The van der Waals surface area contributed by atoms with E-state index in [0.717, 1.165) is 24.2 Å². The molecular formula is C10H11ClN4. The molecule has 0 saturated carbocycles. The highest BCUT2D eigenvalue weighted by molar-refractivity contribution is 6.32. The molecule has 0 bridgehead atoms. The van der Waals surface area contributed by atoms with Gasteiger partial charge in [0.05, 0.1) is 16.9 Å². The Bertz CT molecular complexity index is 452. The van der Waals surface area contributed by atoms with Crippen molar-refractivity contribution >= 4 is 11.6 Å². The zero-order valence-electron chi connectivity index (χ0n) is 8.39. The van der Waals surface area contributed by atoms with E-state index in [1.54, 1.807) is 12.4 Å². The van der Waals surface area contributed by atoms with Crippen LogP contribution in [0, 0.1) is 0 Å². The summed E-state index contributed by atoms with van der Waals surface area (Å²) in [6, 6.07) is 0. The maximum atomic E-state index is 5.98. The predicted octanol–water partition coefficient (Wildman–Crippen LogP) is 2.40. The normalized spacial score (nSPS) is 10.5. The van der Waals surface area contributed by atoms with Crippen LogP contribution in [0.15, 0.2) is 24.9 Å². The zero-order valence-corrected chi connectivity index (χ0v) is 9.15. The number of hydrogen-bond donors (Lipinski definition) is 0. The third-order valence-corrected chi connectivity index (χ3v) is 2.30. The molecule has 78 valence electrons. The van der Waals surface area contributed by atoms with Crippen LogP contribution in [0.5, 0.6) is 0 Å². The monoisotopic (exact) mass is 222 g/mol. The summed E-state index contributed by atoms with van der Waals surface area (Å²) in [5.74, 6) is 0. The molecule has 0 radical (unpaired) electrons. The van der Waals surface area contributed by atoms with Crippen molar-refractivity contribution in [3.8, 4) is 11.3 Å². The molecule has 0 saturated heterocycles. The first-order valence-corrected chi connectivity index (χ1v) is 5.17. The molecule has 4 nitrogen and oxygen atoms in total. The summed E-state index contributed by atoms with van der Waals surface area (Å²) in [5, 5.41) is 4.77. The fourth-order valence-electron chi connectivity index (χ4n) is 1.36. The molecule has 5 heteroatoms. The number of hydrogen-bond acceptors (Lipinski definition) is 3. The Morgan fingerprint density at radius 2 is 2.27 bits per heavy atom. The molecule has 0 aliphatic rings. The van der Waals surface area contributed by atoms with Crippen LogP contribution in [-0.2, 0) is 6.54 Å².